The van der Waals surface area contributed by atoms with Crippen LogP contribution >= 0.6 is 0 Å². The van der Waals surface area contributed by atoms with Gasteiger partial charge < -0.3 is 15.4 Å². The Labute approximate surface area is 91.8 Å². The van der Waals surface area contributed by atoms with Gasteiger partial charge in [-0.2, -0.15) is 0 Å². The maximum atomic E-state index is 5.27. The monoisotopic (exact) mass is 208 g/mol. The SMILES string of the molecule is CCNCCNCc1ccccc1OC. The zero-order valence-corrected chi connectivity index (χ0v) is 9.55. The van der Waals surface area contributed by atoms with E-state index in [9.17, 15) is 0 Å². The molecule has 0 aromatic heterocycles. The lowest BCUT2D eigenvalue weighted by molar-refractivity contribution is 0.407. The fraction of sp³-hybridized carbons (Fsp3) is 0.500. The summed E-state index contributed by atoms with van der Waals surface area (Å²) in [7, 11) is 1.71. The Morgan fingerprint density at radius 1 is 1.13 bits per heavy atom. The molecule has 0 aliphatic rings. The second-order valence-electron chi connectivity index (χ2n) is 3.34. The van der Waals surface area contributed by atoms with E-state index in [4.69, 9.17) is 4.74 Å². The van der Waals surface area contributed by atoms with Crippen LogP contribution in [0.4, 0.5) is 0 Å². The summed E-state index contributed by atoms with van der Waals surface area (Å²) in [6.07, 6.45) is 0. The van der Waals surface area contributed by atoms with Crippen LogP contribution in [0.1, 0.15) is 12.5 Å². The van der Waals surface area contributed by atoms with E-state index in [0.29, 0.717) is 0 Å². The highest BCUT2D eigenvalue weighted by atomic mass is 16.5. The Kier molecular flexibility index (Phi) is 5.81. The number of methoxy groups -OCH3 is 1. The van der Waals surface area contributed by atoms with Crippen molar-refractivity contribution in [1.29, 1.82) is 0 Å². The maximum absolute atomic E-state index is 5.27. The van der Waals surface area contributed by atoms with Gasteiger partial charge in [0.1, 0.15) is 5.75 Å². The molecular weight excluding hydrogens is 188 g/mol. The molecule has 1 aromatic carbocycles. The lowest BCUT2D eigenvalue weighted by atomic mass is 10.2. The van der Waals surface area contributed by atoms with Crippen LogP contribution in [0.25, 0.3) is 0 Å². The highest BCUT2D eigenvalue weighted by Crippen LogP contribution is 2.16. The summed E-state index contributed by atoms with van der Waals surface area (Å²) in [5.41, 5.74) is 1.21. The molecule has 2 N–H and O–H groups in total. The molecule has 0 atom stereocenters. The quantitative estimate of drug-likeness (QED) is 0.664. The van der Waals surface area contributed by atoms with Crippen molar-refractivity contribution in [3.8, 4) is 5.75 Å². The first-order valence-electron chi connectivity index (χ1n) is 5.41. The normalized spacial score (nSPS) is 10.3. The molecule has 0 saturated carbocycles. The molecule has 3 nitrogen and oxygen atoms in total. The van der Waals surface area contributed by atoms with Gasteiger partial charge in [0.15, 0.2) is 0 Å². The first-order chi connectivity index (χ1) is 7.38. The summed E-state index contributed by atoms with van der Waals surface area (Å²) in [5, 5.41) is 6.64. The largest absolute Gasteiger partial charge is 0.496 e. The molecule has 0 aliphatic heterocycles. The number of likely N-dealkylation sites (N-methyl/N-ethyl adjacent to an activating group) is 1. The third kappa shape index (κ3) is 4.32. The molecule has 1 rings (SSSR count). The average Bonchev–Trinajstić information content (AvgIpc) is 2.29. The molecule has 0 saturated heterocycles. The molecule has 15 heavy (non-hydrogen) atoms. The number of hydrogen-bond acceptors (Lipinski definition) is 3. The molecule has 0 bridgehead atoms. The van der Waals surface area contributed by atoms with E-state index in [1.807, 2.05) is 18.2 Å². The number of rotatable bonds is 7. The molecule has 0 radical (unpaired) electrons. The number of nitrogens with one attached hydrogen (secondary N) is 2. The van der Waals surface area contributed by atoms with Crippen LogP contribution in [-0.2, 0) is 6.54 Å². The first-order valence-corrected chi connectivity index (χ1v) is 5.41. The third-order valence-electron chi connectivity index (χ3n) is 2.24. The molecule has 0 heterocycles. The topological polar surface area (TPSA) is 33.3 Å². The average molecular weight is 208 g/mol. The summed E-state index contributed by atoms with van der Waals surface area (Å²) < 4.78 is 5.27. The zero-order valence-electron chi connectivity index (χ0n) is 9.55. The first kappa shape index (κ1) is 12.0. The Morgan fingerprint density at radius 3 is 2.60 bits per heavy atom. The predicted molar refractivity (Wildman–Crippen MR) is 63.2 cm³/mol. The lowest BCUT2D eigenvalue weighted by Gasteiger charge is -2.09. The summed E-state index contributed by atoms with van der Waals surface area (Å²) in [4.78, 5) is 0. The fourth-order valence-corrected chi connectivity index (χ4v) is 1.43. The van der Waals surface area contributed by atoms with Crippen molar-refractivity contribution in [2.75, 3.05) is 26.7 Å². The molecule has 84 valence electrons. The molecule has 3 heteroatoms. The van der Waals surface area contributed by atoms with Gasteiger partial charge in [-0.15, -0.1) is 0 Å². The zero-order chi connectivity index (χ0) is 10.9. The van der Waals surface area contributed by atoms with Gasteiger partial charge in [-0.3, -0.25) is 0 Å². The molecule has 0 unspecified atom stereocenters. The van der Waals surface area contributed by atoms with E-state index >= 15 is 0 Å². The van der Waals surface area contributed by atoms with Crippen LogP contribution < -0.4 is 15.4 Å². The molecule has 0 amide bonds. The molecule has 0 aliphatic carbocycles. The van der Waals surface area contributed by atoms with Gasteiger partial charge in [-0.05, 0) is 12.6 Å². The van der Waals surface area contributed by atoms with E-state index in [1.165, 1.54) is 5.56 Å². The smallest absolute Gasteiger partial charge is 0.123 e. The van der Waals surface area contributed by atoms with Gasteiger partial charge >= 0.3 is 0 Å². The minimum Gasteiger partial charge on any atom is -0.496 e. The van der Waals surface area contributed by atoms with E-state index in [2.05, 4.69) is 23.6 Å². The summed E-state index contributed by atoms with van der Waals surface area (Å²) >= 11 is 0. The van der Waals surface area contributed by atoms with E-state index < -0.39 is 0 Å². The Hall–Kier alpha value is -1.06. The van der Waals surface area contributed by atoms with Crippen molar-refractivity contribution in [2.24, 2.45) is 0 Å². The number of benzene rings is 1. The van der Waals surface area contributed by atoms with Crippen LogP contribution in [0.2, 0.25) is 0 Å². The summed E-state index contributed by atoms with van der Waals surface area (Å²) in [6.45, 7) is 5.98. The van der Waals surface area contributed by atoms with Gasteiger partial charge in [0.2, 0.25) is 0 Å². The van der Waals surface area contributed by atoms with Gasteiger partial charge in [0.25, 0.3) is 0 Å². The molecular formula is C12H20N2O. The van der Waals surface area contributed by atoms with Gasteiger partial charge in [0.05, 0.1) is 7.11 Å². The van der Waals surface area contributed by atoms with Crippen LogP contribution in [0.15, 0.2) is 24.3 Å². The third-order valence-corrected chi connectivity index (χ3v) is 2.24. The number of ether oxygens (including phenoxy) is 1. The number of hydrogen-bond donors (Lipinski definition) is 2. The summed E-state index contributed by atoms with van der Waals surface area (Å²) in [6, 6.07) is 8.09. The van der Waals surface area contributed by atoms with Crippen LogP contribution in [-0.4, -0.2) is 26.7 Å². The standard InChI is InChI=1S/C12H20N2O/c1-3-13-8-9-14-10-11-6-4-5-7-12(11)15-2/h4-7,13-14H,3,8-10H2,1-2H3. The van der Waals surface area contributed by atoms with Crippen molar-refractivity contribution >= 4 is 0 Å². The van der Waals surface area contributed by atoms with Crippen molar-refractivity contribution in [2.45, 2.75) is 13.5 Å². The predicted octanol–water partition coefficient (Wildman–Crippen LogP) is 1.39. The highest BCUT2D eigenvalue weighted by Gasteiger charge is 1.99. The van der Waals surface area contributed by atoms with Crippen LogP contribution in [0.3, 0.4) is 0 Å². The van der Waals surface area contributed by atoms with E-state index in [-0.39, 0.29) is 0 Å². The second-order valence-corrected chi connectivity index (χ2v) is 3.34. The Bertz CT molecular complexity index is 276. The van der Waals surface area contributed by atoms with Gasteiger partial charge in [-0.1, -0.05) is 25.1 Å². The number of para-hydroxylation sites is 1. The van der Waals surface area contributed by atoms with Crippen molar-refractivity contribution < 1.29 is 4.74 Å². The Balaban J connectivity index is 2.30. The van der Waals surface area contributed by atoms with E-state index in [0.717, 1.165) is 31.9 Å². The second kappa shape index (κ2) is 7.26. The summed E-state index contributed by atoms with van der Waals surface area (Å²) in [5.74, 6) is 0.952. The minimum absolute atomic E-state index is 0.857. The Morgan fingerprint density at radius 2 is 1.87 bits per heavy atom. The lowest BCUT2D eigenvalue weighted by Crippen LogP contribution is -2.26. The van der Waals surface area contributed by atoms with Gasteiger partial charge in [-0.25, -0.2) is 0 Å². The van der Waals surface area contributed by atoms with Crippen molar-refractivity contribution in [3.05, 3.63) is 29.8 Å². The fourth-order valence-electron chi connectivity index (χ4n) is 1.43. The van der Waals surface area contributed by atoms with Crippen molar-refractivity contribution in [3.63, 3.8) is 0 Å². The molecule has 1 aromatic rings. The maximum Gasteiger partial charge on any atom is 0.123 e. The minimum atomic E-state index is 0.857. The molecule has 0 fully saturated rings. The van der Waals surface area contributed by atoms with Crippen molar-refractivity contribution in [1.82, 2.24) is 10.6 Å². The van der Waals surface area contributed by atoms with E-state index in [1.54, 1.807) is 7.11 Å². The van der Waals surface area contributed by atoms with Crippen LogP contribution in [0.5, 0.6) is 5.75 Å². The van der Waals surface area contributed by atoms with Gasteiger partial charge in [0, 0.05) is 25.2 Å². The molecule has 0 spiro atoms. The highest BCUT2D eigenvalue weighted by molar-refractivity contribution is 5.32. The van der Waals surface area contributed by atoms with Crippen LogP contribution in [0, 0.1) is 0 Å².